The average Bonchev–Trinajstić information content (AvgIpc) is 3.47. The van der Waals surface area contributed by atoms with Gasteiger partial charge in [0.2, 0.25) is 0 Å². The van der Waals surface area contributed by atoms with E-state index in [1.165, 1.54) is 83.5 Å². The van der Waals surface area contributed by atoms with Crippen LogP contribution in [0.5, 0.6) is 0 Å². The van der Waals surface area contributed by atoms with Crippen LogP contribution in [-0.2, 0) is 4.79 Å². The standard InChI is InChI=1S/C33H54OS/c1-22(2)9-8-10-23(3)28-15-16-29-27-14-13-25-21-26(35-31(34)24-11-6-7-12-24)17-19-32(25,4)30(27)18-20-33(28,29)5/h13,22-24,26-30H,6-12,14-21H2,1-5H3/t23-,26-,27+,28-,29+,30+,32-,33+/m0/s1. The number of carbonyl (C=O) groups excluding carboxylic acids is 1. The van der Waals surface area contributed by atoms with Gasteiger partial charge in [0.15, 0.2) is 5.12 Å². The summed E-state index contributed by atoms with van der Waals surface area (Å²) in [4.78, 5) is 12.9. The fraction of sp³-hybridized carbons (Fsp3) is 0.909. The zero-order valence-electron chi connectivity index (χ0n) is 23.6. The normalized spacial score (nSPS) is 42.3. The van der Waals surface area contributed by atoms with Gasteiger partial charge in [0.05, 0.1) is 0 Å². The summed E-state index contributed by atoms with van der Waals surface area (Å²) < 4.78 is 0. The van der Waals surface area contributed by atoms with E-state index in [9.17, 15) is 4.79 Å². The Bertz CT molecular complexity index is 793. The quantitative estimate of drug-likeness (QED) is 0.325. The van der Waals surface area contributed by atoms with E-state index in [0.717, 1.165) is 48.3 Å². The minimum absolute atomic E-state index is 0.372. The third-order valence-corrected chi connectivity index (χ3v) is 13.5. The zero-order valence-corrected chi connectivity index (χ0v) is 24.4. The summed E-state index contributed by atoms with van der Waals surface area (Å²) in [5.41, 5.74) is 2.75. The molecular weight excluding hydrogens is 444 g/mol. The Morgan fingerprint density at radius 3 is 2.49 bits per heavy atom. The maximum Gasteiger partial charge on any atom is 0.192 e. The molecule has 4 fully saturated rings. The van der Waals surface area contributed by atoms with Gasteiger partial charge in [0.25, 0.3) is 0 Å². The number of rotatable bonds is 7. The number of thioether (sulfide) groups is 1. The molecule has 0 heterocycles. The van der Waals surface area contributed by atoms with Crippen LogP contribution in [-0.4, -0.2) is 10.4 Å². The Kier molecular flexibility index (Phi) is 7.91. The third-order valence-electron chi connectivity index (χ3n) is 12.2. The number of hydrogen-bond acceptors (Lipinski definition) is 2. The fourth-order valence-corrected chi connectivity index (χ4v) is 11.4. The van der Waals surface area contributed by atoms with Gasteiger partial charge in [-0.2, -0.15) is 0 Å². The monoisotopic (exact) mass is 498 g/mol. The van der Waals surface area contributed by atoms with E-state index < -0.39 is 0 Å². The molecule has 0 aromatic carbocycles. The first-order valence-electron chi connectivity index (χ1n) is 15.6. The Labute approximate surface area is 221 Å². The molecule has 35 heavy (non-hydrogen) atoms. The Hall–Kier alpha value is -0.240. The van der Waals surface area contributed by atoms with E-state index in [-0.39, 0.29) is 0 Å². The van der Waals surface area contributed by atoms with Crippen molar-refractivity contribution in [3.63, 3.8) is 0 Å². The second-order valence-corrected chi connectivity index (χ2v) is 15.9. The summed E-state index contributed by atoms with van der Waals surface area (Å²) in [6.45, 7) is 12.7. The minimum atomic E-state index is 0.372. The lowest BCUT2D eigenvalue weighted by Gasteiger charge is -2.58. The molecule has 8 atom stereocenters. The molecule has 0 aromatic heterocycles. The van der Waals surface area contributed by atoms with Gasteiger partial charge in [-0.1, -0.05) is 90.1 Å². The van der Waals surface area contributed by atoms with Gasteiger partial charge in [-0.15, -0.1) is 0 Å². The third kappa shape index (κ3) is 4.97. The summed E-state index contributed by atoms with van der Waals surface area (Å²) in [5.74, 6) is 5.83. The molecule has 0 spiro atoms. The van der Waals surface area contributed by atoms with Crippen molar-refractivity contribution in [2.24, 2.45) is 52.3 Å². The lowest BCUT2D eigenvalue weighted by Crippen LogP contribution is -2.50. The first-order valence-corrected chi connectivity index (χ1v) is 16.5. The van der Waals surface area contributed by atoms with Crippen LogP contribution in [0.25, 0.3) is 0 Å². The molecule has 0 radical (unpaired) electrons. The molecule has 5 aliphatic carbocycles. The Morgan fingerprint density at radius 2 is 1.74 bits per heavy atom. The number of fused-ring (bicyclic) bond motifs is 5. The second-order valence-electron chi connectivity index (χ2n) is 14.6. The van der Waals surface area contributed by atoms with Gasteiger partial charge < -0.3 is 0 Å². The highest BCUT2D eigenvalue weighted by Crippen LogP contribution is 2.67. The summed E-state index contributed by atoms with van der Waals surface area (Å²) in [6, 6.07) is 0. The molecule has 5 rings (SSSR count). The predicted octanol–water partition coefficient (Wildman–Crippen LogP) is 9.85. The van der Waals surface area contributed by atoms with Crippen LogP contribution < -0.4 is 0 Å². The minimum Gasteiger partial charge on any atom is -0.287 e. The van der Waals surface area contributed by atoms with E-state index in [1.807, 2.05) is 0 Å². The molecule has 0 N–H and O–H groups in total. The van der Waals surface area contributed by atoms with E-state index in [4.69, 9.17) is 0 Å². The molecule has 5 aliphatic rings. The Morgan fingerprint density at radius 1 is 0.971 bits per heavy atom. The highest BCUT2D eigenvalue weighted by Gasteiger charge is 2.59. The van der Waals surface area contributed by atoms with Gasteiger partial charge in [-0.25, -0.2) is 0 Å². The molecule has 198 valence electrons. The van der Waals surface area contributed by atoms with Crippen molar-refractivity contribution in [3.8, 4) is 0 Å². The highest BCUT2D eigenvalue weighted by atomic mass is 32.2. The smallest absolute Gasteiger partial charge is 0.192 e. The second kappa shape index (κ2) is 10.5. The van der Waals surface area contributed by atoms with Gasteiger partial charge in [-0.05, 0) is 111 Å². The van der Waals surface area contributed by atoms with Crippen molar-refractivity contribution in [3.05, 3.63) is 11.6 Å². The SMILES string of the molecule is CC(C)CCC[C@H](C)[C@@H]1CC[C@@H]2[C@H]3CC=C4C[C@@H](SC(=O)C5CCCC5)CC[C@]4(C)[C@@H]3CC[C@@]21C. The summed E-state index contributed by atoms with van der Waals surface area (Å²) in [5, 5.41) is 1.08. The average molecular weight is 499 g/mol. The predicted molar refractivity (Wildman–Crippen MR) is 151 cm³/mol. The van der Waals surface area contributed by atoms with Crippen LogP contribution in [0.3, 0.4) is 0 Å². The lowest BCUT2D eigenvalue weighted by atomic mass is 9.47. The van der Waals surface area contributed by atoms with E-state index in [0.29, 0.717) is 27.1 Å². The molecule has 0 amide bonds. The number of allylic oxidation sites excluding steroid dienone is 2. The van der Waals surface area contributed by atoms with Gasteiger partial charge >= 0.3 is 0 Å². The van der Waals surface area contributed by atoms with Crippen molar-refractivity contribution < 1.29 is 4.79 Å². The highest BCUT2D eigenvalue weighted by molar-refractivity contribution is 8.14. The maximum atomic E-state index is 12.9. The van der Waals surface area contributed by atoms with Gasteiger partial charge in [-0.3, -0.25) is 4.79 Å². The fourth-order valence-electron chi connectivity index (χ4n) is 10.2. The largest absolute Gasteiger partial charge is 0.287 e. The molecule has 0 bridgehead atoms. The van der Waals surface area contributed by atoms with Crippen molar-refractivity contribution in [1.82, 2.24) is 0 Å². The van der Waals surface area contributed by atoms with Crippen LogP contribution in [0, 0.1) is 52.3 Å². The topological polar surface area (TPSA) is 17.1 Å². The molecule has 0 saturated heterocycles. The van der Waals surface area contributed by atoms with Crippen LogP contribution in [0.15, 0.2) is 11.6 Å². The van der Waals surface area contributed by atoms with Crippen LogP contribution in [0.1, 0.15) is 131 Å². The molecule has 0 aromatic rings. The molecule has 0 aliphatic heterocycles. The van der Waals surface area contributed by atoms with Gasteiger partial charge in [0, 0.05) is 11.2 Å². The number of hydrogen-bond donors (Lipinski definition) is 0. The maximum absolute atomic E-state index is 12.9. The first kappa shape index (κ1) is 26.4. The van der Waals surface area contributed by atoms with E-state index >= 15 is 0 Å². The van der Waals surface area contributed by atoms with Gasteiger partial charge in [0.1, 0.15) is 0 Å². The van der Waals surface area contributed by atoms with E-state index in [1.54, 1.807) is 17.3 Å². The molecule has 0 unspecified atom stereocenters. The summed E-state index contributed by atoms with van der Waals surface area (Å²) >= 11 is 1.75. The number of carbonyl (C=O) groups is 1. The van der Waals surface area contributed by atoms with Crippen LogP contribution in [0.2, 0.25) is 0 Å². The first-order chi connectivity index (χ1) is 16.7. The summed E-state index contributed by atoms with van der Waals surface area (Å²) in [7, 11) is 0. The molecule has 2 heteroatoms. The van der Waals surface area contributed by atoms with E-state index in [2.05, 4.69) is 40.7 Å². The van der Waals surface area contributed by atoms with Crippen molar-refractivity contribution in [2.75, 3.05) is 0 Å². The summed E-state index contributed by atoms with van der Waals surface area (Å²) in [6.07, 6.45) is 22.8. The lowest BCUT2D eigenvalue weighted by molar-refractivity contribution is -0.114. The Balaban J connectivity index is 1.24. The van der Waals surface area contributed by atoms with Crippen LogP contribution in [0.4, 0.5) is 0 Å². The van der Waals surface area contributed by atoms with Crippen molar-refractivity contribution in [2.45, 2.75) is 136 Å². The van der Waals surface area contributed by atoms with Crippen molar-refractivity contribution in [1.29, 1.82) is 0 Å². The molecular formula is C33H54OS. The van der Waals surface area contributed by atoms with Crippen molar-refractivity contribution >= 4 is 16.9 Å². The molecule has 1 nitrogen and oxygen atoms in total. The van der Waals surface area contributed by atoms with Crippen LogP contribution >= 0.6 is 11.8 Å². The zero-order chi connectivity index (χ0) is 24.8. The molecule has 4 saturated carbocycles.